The number of urea groups is 1. The molecule has 0 radical (unpaired) electrons. The van der Waals surface area contributed by atoms with Crippen LogP contribution in [0.5, 0.6) is 0 Å². The molecule has 0 aromatic heterocycles. The molecule has 2 aliphatic rings. The van der Waals surface area contributed by atoms with Gasteiger partial charge in [0.25, 0.3) is 0 Å². The molecule has 2 fully saturated rings. The summed E-state index contributed by atoms with van der Waals surface area (Å²) in [6.07, 6.45) is 5.50. The maximum absolute atomic E-state index is 12.9. The Hall–Kier alpha value is -1.26. The third-order valence-corrected chi connectivity index (χ3v) is 5.55. The highest BCUT2D eigenvalue weighted by Gasteiger charge is 2.34. The molecule has 1 aromatic carbocycles. The van der Waals surface area contributed by atoms with Crippen molar-refractivity contribution in [3.63, 3.8) is 0 Å². The molecule has 0 spiro atoms. The van der Waals surface area contributed by atoms with E-state index < -0.39 is 0 Å². The van der Waals surface area contributed by atoms with E-state index in [1.165, 1.54) is 17.7 Å². The number of hydrogen-bond acceptors (Lipinski definition) is 2. The van der Waals surface area contributed by atoms with Gasteiger partial charge in [-0.3, -0.25) is 9.69 Å². The third kappa shape index (κ3) is 3.64. The zero-order chi connectivity index (χ0) is 16.4. The van der Waals surface area contributed by atoms with Crippen LogP contribution in [0.2, 0.25) is 10.0 Å². The van der Waals surface area contributed by atoms with Gasteiger partial charge in [-0.2, -0.15) is 0 Å². The van der Waals surface area contributed by atoms with Gasteiger partial charge in [0.2, 0.25) is 5.91 Å². The monoisotopic (exact) mass is 354 g/mol. The van der Waals surface area contributed by atoms with Crippen molar-refractivity contribution in [3.8, 4) is 0 Å². The molecule has 1 heterocycles. The second-order valence-corrected chi connectivity index (χ2v) is 7.15. The highest BCUT2D eigenvalue weighted by atomic mass is 35.5. The van der Waals surface area contributed by atoms with Gasteiger partial charge in [-0.05, 0) is 30.0 Å². The van der Waals surface area contributed by atoms with E-state index in [9.17, 15) is 9.59 Å². The van der Waals surface area contributed by atoms with Crippen LogP contribution in [0.15, 0.2) is 18.2 Å². The van der Waals surface area contributed by atoms with Gasteiger partial charge in [0.1, 0.15) is 0 Å². The molecule has 1 saturated carbocycles. The Morgan fingerprint density at radius 1 is 1.26 bits per heavy atom. The van der Waals surface area contributed by atoms with E-state index >= 15 is 0 Å². The lowest BCUT2D eigenvalue weighted by Gasteiger charge is -2.24. The topological polar surface area (TPSA) is 49.4 Å². The molecule has 23 heavy (non-hydrogen) atoms. The first kappa shape index (κ1) is 16.6. The number of halogens is 2. The molecule has 124 valence electrons. The summed E-state index contributed by atoms with van der Waals surface area (Å²) in [7, 11) is 0. The minimum Gasteiger partial charge on any atom is -0.336 e. The van der Waals surface area contributed by atoms with Gasteiger partial charge in [-0.25, -0.2) is 4.79 Å². The van der Waals surface area contributed by atoms with Crippen LogP contribution in [0, 0.1) is 5.92 Å². The van der Waals surface area contributed by atoms with Gasteiger partial charge in [-0.1, -0.05) is 55.0 Å². The highest BCUT2D eigenvalue weighted by Crippen LogP contribution is 2.37. The first-order valence-corrected chi connectivity index (χ1v) is 8.86. The Kier molecular flexibility index (Phi) is 5.12. The number of rotatable bonds is 4. The normalized spacial score (nSPS) is 19.9. The lowest BCUT2D eigenvalue weighted by Crippen LogP contribution is -2.38. The molecule has 6 heteroatoms. The van der Waals surface area contributed by atoms with E-state index in [-0.39, 0.29) is 17.9 Å². The van der Waals surface area contributed by atoms with Crippen LogP contribution in [-0.2, 0) is 4.79 Å². The van der Waals surface area contributed by atoms with Crippen LogP contribution in [0.3, 0.4) is 0 Å². The number of nitrogens with one attached hydrogen (secondary N) is 1. The van der Waals surface area contributed by atoms with Gasteiger partial charge < -0.3 is 5.32 Å². The van der Waals surface area contributed by atoms with Gasteiger partial charge in [-0.15, -0.1) is 0 Å². The molecule has 1 saturated heterocycles. The molecule has 0 bridgehead atoms. The van der Waals surface area contributed by atoms with Crippen LogP contribution < -0.4 is 5.32 Å². The maximum atomic E-state index is 12.9. The number of benzene rings is 1. The second kappa shape index (κ2) is 7.10. The third-order valence-electron chi connectivity index (χ3n) is 4.81. The average molecular weight is 355 g/mol. The molecular formula is C17H20Cl2N2O2. The van der Waals surface area contributed by atoms with E-state index in [1.807, 2.05) is 6.07 Å². The predicted molar refractivity (Wildman–Crippen MR) is 90.9 cm³/mol. The second-order valence-electron chi connectivity index (χ2n) is 6.33. The zero-order valence-electron chi connectivity index (χ0n) is 12.9. The summed E-state index contributed by atoms with van der Waals surface area (Å²) < 4.78 is 0. The summed E-state index contributed by atoms with van der Waals surface area (Å²) in [5.41, 5.74) is 0.844. The fraction of sp³-hybridized carbons (Fsp3) is 0.529. The summed E-state index contributed by atoms with van der Waals surface area (Å²) in [5.74, 6) is 0.0612. The molecule has 1 aliphatic heterocycles. The van der Waals surface area contributed by atoms with E-state index in [0.29, 0.717) is 29.1 Å². The van der Waals surface area contributed by atoms with Crippen LogP contribution in [0.1, 0.15) is 43.6 Å². The molecule has 1 aliphatic carbocycles. The number of hydrogen-bond donors (Lipinski definition) is 1. The quantitative estimate of drug-likeness (QED) is 0.880. The molecule has 1 atom stereocenters. The Balaban J connectivity index is 1.87. The smallest absolute Gasteiger partial charge is 0.324 e. The molecule has 1 unspecified atom stereocenters. The van der Waals surface area contributed by atoms with Crippen LogP contribution in [0.4, 0.5) is 4.79 Å². The van der Waals surface area contributed by atoms with E-state index in [2.05, 4.69) is 5.32 Å². The number of imide groups is 1. The Morgan fingerprint density at radius 2 is 2.00 bits per heavy atom. The minimum absolute atomic E-state index is 0.134. The molecule has 1 N–H and O–H groups in total. The van der Waals surface area contributed by atoms with Gasteiger partial charge in [0.05, 0.1) is 16.0 Å². The first-order chi connectivity index (χ1) is 11.1. The predicted octanol–water partition coefficient (Wildman–Crippen LogP) is 4.21. The van der Waals surface area contributed by atoms with Crippen molar-refractivity contribution >= 4 is 35.1 Å². The van der Waals surface area contributed by atoms with Gasteiger partial charge in [0, 0.05) is 13.1 Å². The lowest BCUT2D eigenvalue weighted by molar-refractivity contribution is -0.129. The average Bonchev–Trinajstić information content (AvgIpc) is 3.18. The lowest BCUT2D eigenvalue weighted by atomic mass is 9.87. The van der Waals surface area contributed by atoms with Crippen molar-refractivity contribution in [2.24, 2.45) is 5.92 Å². The van der Waals surface area contributed by atoms with Crippen molar-refractivity contribution in [1.29, 1.82) is 0 Å². The Morgan fingerprint density at radius 3 is 2.61 bits per heavy atom. The molecular weight excluding hydrogens is 335 g/mol. The number of nitrogens with zero attached hydrogens (tertiary/aromatic N) is 1. The van der Waals surface area contributed by atoms with E-state index in [1.54, 1.807) is 12.1 Å². The fourth-order valence-electron chi connectivity index (χ4n) is 3.56. The summed E-state index contributed by atoms with van der Waals surface area (Å²) in [5, 5.41) is 3.61. The summed E-state index contributed by atoms with van der Waals surface area (Å²) in [4.78, 5) is 26.1. The van der Waals surface area contributed by atoms with Crippen molar-refractivity contribution in [2.45, 2.75) is 38.0 Å². The minimum atomic E-state index is -0.336. The van der Waals surface area contributed by atoms with E-state index in [0.717, 1.165) is 24.8 Å². The Bertz CT molecular complexity index is 615. The van der Waals surface area contributed by atoms with Crippen molar-refractivity contribution < 1.29 is 9.59 Å². The van der Waals surface area contributed by atoms with Crippen LogP contribution >= 0.6 is 23.2 Å². The molecule has 3 rings (SSSR count). The summed E-state index contributed by atoms with van der Waals surface area (Å²) >= 11 is 12.1. The fourth-order valence-corrected chi connectivity index (χ4v) is 3.86. The van der Waals surface area contributed by atoms with E-state index in [4.69, 9.17) is 23.2 Å². The molecule has 3 amide bonds. The largest absolute Gasteiger partial charge is 0.336 e. The van der Waals surface area contributed by atoms with Crippen LogP contribution in [0.25, 0.3) is 0 Å². The van der Waals surface area contributed by atoms with Crippen molar-refractivity contribution in [1.82, 2.24) is 10.2 Å². The van der Waals surface area contributed by atoms with Gasteiger partial charge >= 0.3 is 6.03 Å². The highest BCUT2D eigenvalue weighted by molar-refractivity contribution is 6.42. The number of carbonyl (C=O) groups excluding carboxylic acids is 2. The summed E-state index contributed by atoms with van der Waals surface area (Å²) in [6.45, 7) is 0.947. The van der Waals surface area contributed by atoms with Crippen LogP contribution in [-0.4, -0.2) is 29.9 Å². The standard InChI is InChI=1S/C17H20Cl2N2O2/c18-14-6-5-12(10-15(14)19)13(9-11-3-1-2-4-11)16(22)21-8-7-20-17(21)23/h5-6,10-11,13H,1-4,7-9H2,(H,20,23). The number of carbonyl (C=O) groups is 2. The first-order valence-electron chi connectivity index (χ1n) is 8.10. The van der Waals surface area contributed by atoms with Crippen molar-refractivity contribution in [3.05, 3.63) is 33.8 Å². The molecule has 4 nitrogen and oxygen atoms in total. The van der Waals surface area contributed by atoms with Crippen molar-refractivity contribution in [2.75, 3.05) is 13.1 Å². The number of amides is 3. The Labute approximate surface area is 146 Å². The van der Waals surface area contributed by atoms with Gasteiger partial charge in [0.15, 0.2) is 0 Å². The zero-order valence-corrected chi connectivity index (χ0v) is 14.4. The molecule has 1 aromatic rings. The SMILES string of the molecule is O=C1NCCN1C(=O)C(CC1CCCC1)c1ccc(Cl)c(Cl)c1. The maximum Gasteiger partial charge on any atom is 0.324 e. The summed E-state index contributed by atoms with van der Waals surface area (Å²) in [6, 6.07) is 5.03.